The Morgan fingerprint density at radius 2 is 1.88 bits per heavy atom. The van der Waals surface area contributed by atoms with Crippen LogP contribution in [-0.2, 0) is 11.2 Å². The number of ether oxygens (including phenoxy) is 1. The van der Waals surface area contributed by atoms with Gasteiger partial charge < -0.3 is 4.74 Å². The van der Waals surface area contributed by atoms with Crippen molar-refractivity contribution in [3.8, 4) is 0 Å². The minimum absolute atomic E-state index is 0.266. The van der Waals surface area contributed by atoms with Gasteiger partial charge in [-0.05, 0) is 79.3 Å². The molecule has 0 bridgehead atoms. The molecule has 0 saturated carbocycles. The highest BCUT2D eigenvalue weighted by atomic mass is 32.2. The Morgan fingerprint density at radius 1 is 1.12 bits per heavy atom. The number of hydrogen-bond donors (Lipinski definition) is 0. The fraction of sp³-hybridized carbons (Fsp3) is 0.318. The summed E-state index contributed by atoms with van der Waals surface area (Å²) >= 11 is 1.98. The lowest BCUT2D eigenvalue weighted by molar-refractivity contribution is 0.0526. The predicted molar refractivity (Wildman–Crippen MR) is 106 cm³/mol. The van der Waals surface area contributed by atoms with Crippen molar-refractivity contribution >= 4 is 29.4 Å². The van der Waals surface area contributed by atoms with Gasteiger partial charge in [-0.3, -0.25) is 0 Å². The number of benzene rings is 2. The largest absolute Gasteiger partial charge is 0.462 e. The number of rotatable bonds is 4. The number of allylic oxidation sites excluding steroid dienone is 1. The summed E-state index contributed by atoms with van der Waals surface area (Å²) in [7, 11) is 0. The molecule has 0 amide bonds. The van der Waals surface area contributed by atoms with E-state index in [1.165, 1.54) is 46.6 Å². The van der Waals surface area contributed by atoms with Crippen LogP contribution in [0.4, 0.5) is 0 Å². The fourth-order valence-electron chi connectivity index (χ4n) is 3.02. The van der Waals surface area contributed by atoms with E-state index in [0.717, 1.165) is 5.56 Å². The van der Waals surface area contributed by atoms with Gasteiger partial charge in [0.05, 0.1) is 12.2 Å². The first-order chi connectivity index (χ1) is 12.2. The van der Waals surface area contributed by atoms with Gasteiger partial charge in [0.25, 0.3) is 0 Å². The summed E-state index contributed by atoms with van der Waals surface area (Å²) in [6, 6.07) is 14.4. The highest BCUT2D eigenvalue weighted by Gasteiger charge is 2.10. The van der Waals surface area contributed by atoms with Crippen LogP contribution in [0, 0.1) is 0 Å². The molecule has 130 valence electrons. The van der Waals surface area contributed by atoms with Crippen LogP contribution in [0.25, 0.3) is 11.6 Å². The molecule has 0 aromatic heterocycles. The number of aryl methyl sites for hydroxylation is 1. The summed E-state index contributed by atoms with van der Waals surface area (Å²) in [5.74, 6) is 0.964. The number of thioether (sulfide) groups is 1. The Bertz CT molecular complexity index is 775. The van der Waals surface area contributed by atoms with Crippen molar-refractivity contribution in [2.45, 2.75) is 38.0 Å². The van der Waals surface area contributed by atoms with Gasteiger partial charge in [0.2, 0.25) is 0 Å². The lowest BCUT2D eigenvalue weighted by Gasteiger charge is -2.09. The number of esters is 1. The summed E-state index contributed by atoms with van der Waals surface area (Å²) in [5.41, 5.74) is 5.68. The zero-order chi connectivity index (χ0) is 17.6. The molecule has 2 nitrogen and oxygen atoms in total. The van der Waals surface area contributed by atoms with E-state index in [1.54, 1.807) is 0 Å². The third-order valence-electron chi connectivity index (χ3n) is 4.42. The zero-order valence-corrected chi connectivity index (χ0v) is 15.7. The third-order valence-corrected chi connectivity index (χ3v) is 5.62. The monoisotopic (exact) mass is 352 g/mol. The van der Waals surface area contributed by atoms with E-state index in [2.05, 4.69) is 31.2 Å². The van der Waals surface area contributed by atoms with Crippen molar-refractivity contribution in [3.05, 3.63) is 64.7 Å². The smallest absolute Gasteiger partial charge is 0.338 e. The molecule has 2 aromatic rings. The van der Waals surface area contributed by atoms with E-state index in [0.29, 0.717) is 12.2 Å². The molecule has 0 unspecified atom stereocenters. The molecule has 2 aromatic carbocycles. The summed E-state index contributed by atoms with van der Waals surface area (Å²) in [6.07, 6.45) is 5.93. The second-order valence-electron chi connectivity index (χ2n) is 6.30. The SMILES string of the molecule is CCOC(=O)c1ccc(/C=C(\C)c2ccc3c(c2)CCCCS3)cc1. The zero-order valence-electron chi connectivity index (χ0n) is 14.9. The van der Waals surface area contributed by atoms with Crippen molar-refractivity contribution < 1.29 is 9.53 Å². The molecule has 1 aliphatic heterocycles. The second kappa shape index (κ2) is 8.39. The van der Waals surface area contributed by atoms with E-state index < -0.39 is 0 Å². The molecule has 0 fully saturated rings. The molecule has 0 spiro atoms. The van der Waals surface area contributed by atoms with Crippen LogP contribution in [0.1, 0.15) is 53.7 Å². The molecule has 0 saturated heterocycles. The molecule has 0 aliphatic carbocycles. The van der Waals surface area contributed by atoms with E-state index >= 15 is 0 Å². The molecule has 0 N–H and O–H groups in total. The molecular formula is C22H24O2S. The maximum Gasteiger partial charge on any atom is 0.338 e. The fourth-order valence-corrected chi connectivity index (χ4v) is 4.10. The molecule has 0 radical (unpaired) electrons. The lowest BCUT2D eigenvalue weighted by atomic mass is 9.99. The predicted octanol–water partition coefficient (Wildman–Crippen LogP) is 5.85. The van der Waals surface area contributed by atoms with Crippen molar-refractivity contribution in [3.63, 3.8) is 0 Å². The topological polar surface area (TPSA) is 26.3 Å². The van der Waals surface area contributed by atoms with Crippen molar-refractivity contribution in [2.75, 3.05) is 12.4 Å². The van der Waals surface area contributed by atoms with Crippen LogP contribution in [0.3, 0.4) is 0 Å². The maximum absolute atomic E-state index is 11.7. The summed E-state index contributed by atoms with van der Waals surface area (Å²) < 4.78 is 5.02. The maximum atomic E-state index is 11.7. The van der Waals surface area contributed by atoms with Gasteiger partial charge in [-0.1, -0.05) is 30.3 Å². The molecule has 3 heteroatoms. The summed E-state index contributed by atoms with van der Waals surface area (Å²) in [6.45, 7) is 4.36. The van der Waals surface area contributed by atoms with E-state index in [1.807, 2.05) is 43.0 Å². The van der Waals surface area contributed by atoms with Crippen molar-refractivity contribution in [1.29, 1.82) is 0 Å². The summed E-state index contributed by atoms with van der Waals surface area (Å²) in [4.78, 5) is 13.2. The average Bonchev–Trinajstić information content (AvgIpc) is 2.87. The molecule has 1 aliphatic rings. The number of fused-ring (bicyclic) bond motifs is 1. The highest BCUT2D eigenvalue weighted by Crippen LogP contribution is 2.31. The Hall–Kier alpha value is -2.00. The highest BCUT2D eigenvalue weighted by molar-refractivity contribution is 7.99. The minimum atomic E-state index is -0.266. The molecule has 25 heavy (non-hydrogen) atoms. The quantitative estimate of drug-likeness (QED) is 0.510. The standard InChI is InChI=1S/C22H24O2S/c1-3-24-22(23)18-9-7-17(8-10-18)14-16(2)19-11-12-21-20(15-19)6-4-5-13-25-21/h7-12,14-15H,3-6,13H2,1-2H3/b16-14+. The minimum Gasteiger partial charge on any atom is -0.462 e. The third kappa shape index (κ3) is 4.55. The van der Waals surface area contributed by atoms with Crippen LogP contribution in [-0.4, -0.2) is 18.3 Å². The van der Waals surface area contributed by atoms with Crippen molar-refractivity contribution in [1.82, 2.24) is 0 Å². The van der Waals surface area contributed by atoms with Gasteiger partial charge in [-0.2, -0.15) is 0 Å². The number of carbonyl (C=O) groups excluding carboxylic acids is 1. The van der Waals surface area contributed by atoms with Gasteiger partial charge in [0.15, 0.2) is 0 Å². The van der Waals surface area contributed by atoms with Gasteiger partial charge in [0, 0.05) is 4.90 Å². The number of carbonyl (C=O) groups is 1. The Morgan fingerprint density at radius 3 is 2.64 bits per heavy atom. The summed E-state index contributed by atoms with van der Waals surface area (Å²) in [5, 5.41) is 0. The van der Waals surface area contributed by atoms with E-state index in [4.69, 9.17) is 4.74 Å². The first-order valence-electron chi connectivity index (χ1n) is 8.89. The van der Waals surface area contributed by atoms with Crippen LogP contribution < -0.4 is 0 Å². The van der Waals surface area contributed by atoms with Crippen molar-refractivity contribution in [2.24, 2.45) is 0 Å². The molecule has 0 atom stereocenters. The molecular weight excluding hydrogens is 328 g/mol. The van der Waals surface area contributed by atoms with Gasteiger partial charge >= 0.3 is 5.97 Å². The van der Waals surface area contributed by atoms with Gasteiger partial charge in [0.1, 0.15) is 0 Å². The van der Waals surface area contributed by atoms with Crippen LogP contribution in [0.5, 0.6) is 0 Å². The lowest BCUT2D eigenvalue weighted by Crippen LogP contribution is -2.03. The first-order valence-corrected chi connectivity index (χ1v) is 9.87. The first kappa shape index (κ1) is 17.8. The van der Waals surface area contributed by atoms with Crippen LogP contribution in [0.15, 0.2) is 47.4 Å². The Kier molecular flexibility index (Phi) is 5.98. The van der Waals surface area contributed by atoms with Crippen LogP contribution >= 0.6 is 11.8 Å². The molecule has 3 rings (SSSR count). The van der Waals surface area contributed by atoms with E-state index in [-0.39, 0.29) is 5.97 Å². The van der Waals surface area contributed by atoms with Crippen LogP contribution in [0.2, 0.25) is 0 Å². The number of hydrogen-bond acceptors (Lipinski definition) is 3. The van der Waals surface area contributed by atoms with Gasteiger partial charge in [-0.25, -0.2) is 4.79 Å². The van der Waals surface area contributed by atoms with E-state index in [9.17, 15) is 4.79 Å². The normalized spacial score (nSPS) is 14.6. The molecule has 1 heterocycles. The second-order valence-corrected chi connectivity index (χ2v) is 7.43. The average molecular weight is 352 g/mol. The van der Waals surface area contributed by atoms with Gasteiger partial charge in [-0.15, -0.1) is 11.8 Å². The Balaban J connectivity index is 1.79. The Labute approximate surface area is 154 Å².